The number of pyridine rings is 1. The summed E-state index contributed by atoms with van der Waals surface area (Å²) in [5.41, 5.74) is 1.08. The molecule has 1 aromatic heterocycles. The van der Waals surface area contributed by atoms with E-state index in [1.54, 1.807) is 24.3 Å². The molecule has 2 rings (SSSR count). The van der Waals surface area contributed by atoms with Gasteiger partial charge in [-0.05, 0) is 16.6 Å². The number of carboxylic acid groups (broad SMARTS) is 1. The molecule has 1 heterocycles. The molecule has 2 aromatic rings. The number of fused-ring (bicyclic) bond motifs is 1. The average Bonchev–Trinajstić information content (AvgIpc) is 2.45. The number of nitrogens with one attached hydrogen (secondary N) is 1. The highest BCUT2D eigenvalue weighted by atomic mass is 79.9. The number of benzene rings is 1. The van der Waals surface area contributed by atoms with E-state index >= 15 is 0 Å². The van der Waals surface area contributed by atoms with Crippen LogP contribution in [0, 0.1) is 0 Å². The van der Waals surface area contributed by atoms with Crippen LogP contribution in [-0.2, 0) is 4.79 Å². The van der Waals surface area contributed by atoms with Gasteiger partial charge in [0.05, 0.1) is 11.1 Å². The molecule has 1 amide bonds. The minimum atomic E-state index is -1.11. The van der Waals surface area contributed by atoms with E-state index in [1.165, 1.54) is 6.20 Å². The van der Waals surface area contributed by atoms with Gasteiger partial charge in [0, 0.05) is 18.0 Å². The number of carbonyl (C=O) groups is 2. The predicted octanol–water partition coefficient (Wildman–Crippen LogP) is 2.72. The Bertz CT molecular complexity index is 710. The standard InChI is InChI=1S/C15H13BrN2O3/c1-9(16)8-13(15(20)21)18-14(19)11-6-7-17-12-5-3-2-4-10(11)12/h2-7,13H,1,8H2,(H,18,19)(H,20,21)/t13-/m0/s1. The summed E-state index contributed by atoms with van der Waals surface area (Å²) in [6, 6.07) is 7.73. The van der Waals surface area contributed by atoms with Gasteiger partial charge in [0.15, 0.2) is 0 Å². The van der Waals surface area contributed by atoms with Crippen molar-refractivity contribution < 1.29 is 14.7 Å². The molecule has 0 aliphatic heterocycles. The van der Waals surface area contributed by atoms with Crippen LogP contribution in [0.25, 0.3) is 10.9 Å². The quantitative estimate of drug-likeness (QED) is 0.870. The number of hydrogen-bond donors (Lipinski definition) is 2. The smallest absolute Gasteiger partial charge is 0.326 e. The summed E-state index contributed by atoms with van der Waals surface area (Å²) >= 11 is 3.11. The highest BCUT2D eigenvalue weighted by Crippen LogP contribution is 2.17. The number of para-hydroxylation sites is 1. The van der Waals surface area contributed by atoms with Gasteiger partial charge >= 0.3 is 5.97 Å². The Labute approximate surface area is 129 Å². The molecule has 0 saturated carbocycles. The molecular formula is C15H13BrN2O3. The molecule has 2 N–H and O–H groups in total. The van der Waals surface area contributed by atoms with E-state index in [2.05, 4.69) is 32.8 Å². The van der Waals surface area contributed by atoms with Crippen molar-refractivity contribution >= 4 is 38.7 Å². The lowest BCUT2D eigenvalue weighted by molar-refractivity contribution is -0.139. The topological polar surface area (TPSA) is 79.3 Å². The highest BCUT2D eigenvalue weighted by molar-refractivity contribution is 9.11. The Morgan fingerprint density at radius 2 is 2.05 bits per heavy atom. The first-order valence-corrected chi connectivity index (χ1v) is 6.99. The average molecular weight is 349 g/mol. The third-order valence-electron chi connectivity index (χ3n) is 2.92. The van der Waals surface area contributed by atoms with E-state index in [4.69, 9.17) is 5.11 Å². The van der Waals surface area contributed by atoms with Crippen molar-refractivity contribution in [3.8, 4) is 0 Å². The third-order valence-corrected chi connectivity index (χ3v) is 3.25. The Hall–Kier alpha value is -2.21. The van der Waals surface area contributed by atoms with Crippen molar-refractivity contribution in [2.75, 3.05) is 0 Å². The molecule has 0 aliphatic carbocycles. The van der Waals surface area contributed by atoms with Gasteiger partial charge in [0.2, 0.25) is 0 Å². The van der Waals surface area contributed by atoms with Gasteiger partial charge in [0.1, 0.15) is 6.04 Å². The predicted molar refractivity (Wildman–Crippen MR) is 83.3 cm³/mol. The summed E-state index contributed by atoms with van der Waals surface area (Å²) < 4.78 is 0.509. The maximum Gasteiger partial charge on any atom is 0.326 e. The summed E-state index contributed by atoms with van der Waals surface area (Å²) in [6.07, 6.45) is 1.64. The van der Waals surface area contributed by atoms with E-state index in [-0.39, 0.29) is 6.42 Å². The van der Waals surface area contributed by atoms with Gasteiger partial charge < -0.3 is 10.4 Å². The maximum absolute atomic E-state index is 12.3. The first-order chi connectivity index (χ1) is 9.99. The normalized spacial score (nSPS) is 11.9. The number of carbonyl (C=O) groups excluding carboxylic acids is 1. The van der Waals surface area contributed by atoms with Crippen LogP contribution in [0.15, 0.2) is 47.6 Å². The van der Waals surface area contributed by atoms with Crippen LogP contribution < -0.4 is 5.32 Å². The summed E-state index contributed by atoms with van der Waals surface area (Å²) in [5, 5.41) is 12.3. The number of nitrogens with zero attached hydrogens (tertiary/aromatic N) is 1. The van der Waals surface area contributed by atoms with Crippen LogP contribution in [0.3, 0.4) is 0 Å². The largest absolute Gasteiger partial charge is 0.480 e. The van der Waals surface area contributed by atoms with Gasteiger partial charge in [-0.3, -0.25) is 9.78 Å². The van der Waals surface area contributed by atoms with E-state index in [0.29, 0.717) is 20.9 Å². The molecule has 5 nitrogen and oxygen atoms in total. The second kappa shape index (κ2) is 6.49. The fourth-order valence-electron chi connectivity index (χ4n) is 1.95. The van der Waals surface area contributed by atoms with Crippen LogP contribution in [-0.4, -0.2) is 28.0 Å². The molecule has 0 spiro atoms. The van der Waals surface area contributed by atoms with Gasteiger partial charge in [-0.15, -0.1) is 0 Å². The Balaban J connectivity index is 2.29. The summed E-state index contributed by atoms with van der Waals surface area (Å²) in [7, 11) is 0. The lowest BCUT2D eigenvalue weighted by Gasteiger charge is -2.14. The zero-order valence-corrected chi connectivity index (χ0v) is 12.6. The SMILES string of the molecule is C=C(Br)C[C@H](NC(=O)c1ccnc2ccccc12)C(=O)O. The third kappa shape index (κ3) is 3.66. The number of aromatic nitrogens is 1. The van der Waals surface area contributed by atoms with Crippen LogP contribution in [0.1, 0.15) is 16.8 Å². The second-order valence-electron chi connectivity index (χ2n) is 4.46. The van der Waals surface area contributed by atoms with Crippen molar-refractivity contribution in [1.82, 2.24) is 10.3 Å². The number of aliphatic carboxylic acids is 1. The number of halogens is 1. The monoisotopic (exact) mass is 348 g/mol. The van der Waals surface area contributed by atoms with Crippen molar-refractivity contribution in [2.24, 2.45) is 0 Å². The van der Waals surface area contributed by atoms with E-state index in [1.807, 2.05) is 6.07 Å². The minimum absolute atomic E-state index is 0.115. The lowest BCUT2D eigenvalue weighted by atomic mass is 10.1. The van der Waals surface area contributed by atoms with Crippen molar-refractivity contribution in [3.63, 3.8) is 0 Å². The zero-order valence-electron chi connectivity index (χ0n) is 11.0. The molecule has 108 valence electrons. The molecule has 0 radical (unpaired) electrons. The lowest BCUT2D eigenvalue weighted by Crippen LogP contribution is -2.40. The summed E-state index contributed by atoms with van der Waals surface area (Å²) in [5.74, 6) is -1.56. The van der Waals surface area contributed by atoms with Crippen molar-refractivity contribution in [3.05, 3.63) is 53.2 Å². The molecule has 0 fully saturated rings. The molecular weight excluding hydrogens is 336 g/mol. The second-order valence-corrected chi connectivity index (χ2v) is 5.58. The van der Waals surface area contributed by atoms with Crippen molar-refractivity contribution in [2.45, 2.75) is 12.5 Å². The van der Waals surface area contributed by atoms with Crippen molar-refractivity contribution in [1.29, 1.82) is 0 Å². The maximum atomic E-state index is 12.3. The van der Waals surface area contributed by atoms with Crippen LogP contribution in [0.2, 0.25) is 0 Å². The van der Waals surface area contributed by atoms with Crippen LogP contribution in [0.4, 0.5) is 0 Å². The van der Waals surface area contributed by atoms with Crippen LogP contribution in [0.5, 0.6) is 0 Å². The molecule has 0 unspecified atom stereocenters. The molecule has 1 atom stereocenters. The number of hydrogen-bond acceptors (Lipinski definition) is 3. The van der Waals surface area contributed by atoms with Crippen LogP contribution >= 0.6 is 15.9 Å². The van der Waals surface area contributed by atoms with Gasteiger partial charge in [-0.2, -0.15) is 0 Å². The first-order valence-electron chi connectivity index (χ1n) is 6.19. The Kier molecular flexibility index (Phi) is 4.70. The number of amides is 1. The minimum Gasteiger partial charge on any atom is -0.480 e. The first kappa shape index (κ1) is 15.2. The van der Waals surface area contributed by atoms with E-state index in [0.717, 1.165) is 0 Å². The summed E-state index contributed by atoms with van der Waals surface area (Å²) in [4.78, 5) is 27.7. The highest BCUT2D eigenvalue weighted by Gasteiger charge is 2.22. The fraction of sp³-hybridized carbons (Fsp3) is 0.133. The van der Waals surface area contributed by atoms with E-state index < -0.39 is 17.9 Å². The number of carboxylic acids is 1. The Morgan fingerprint density at radius 1 is 1.33 bits per heavy atom. The molecule has 0 bridgehead atoms. The van der Waals surface area contributed by atoms with E-state index in [9.17, 15) is 9.59 Å². The molecule has 21 heavy (non-hydrogen) atoms. The Morgan fingerprint density at radius 3 is 2.71 bits per heavy atom. The van der Waals surface area contributed by atoms with Gasteiger partial charge in [0.25, 0.3) is 5.91 Å². The summed E-state index contributed by atoms with van der Waals surface area (Å²) in [6.45, 7) is 3.60. The molecule has 0 saturated heterocycles. The molecule has 1 aromatic carbocycles. The van der Waals surface area contributed by atoms with Gasteiger partial charge in [-0.1, -0.05) is 40.7 Å². The van der Waals surface area contributed by atoms with Gasteiger partial charge in [-0.25, -0.2) is 4.79 Å². The number of rotatable bonds is 5. The zero-order chi connectivity index (χ0) is 15.4. The molecule has 0 aliphatic rings. The fourth-order valence-corrected chi connectivity index (χ4v) is 2.28. The molecule has 6 heteroatoms.